The quantitative estimate of drug-likeness (QED) is 0.844. The van der Waals surface area contributed by atoms with E-state index in [2.05, 4.69) is 30.0 Å². The fourth-order valence-corrected chi connectivity index (χ4v) is 3.82. The number of hydrogen-bond acceptors (Lipinski definition) is 4. The van der Waals surface area contributed by atoms with Crippen LogP contribution < -0.4 is 9.47 Å². The van der Waals surface area contributed by atoms with Crippen molar-refractivity contribution in [3.8, 4) is 17.6 Å². The van der Waals surface area contributed by atoms with E-state index in [9.17, 15) is 5.26 Å². The first-order valence-electron chi connectivity index (χ1n) is 8.53. The topological polar surface area (TPSA) is 45.5 Å². The number of nitrogens with zero attached hydrogens (tertiary/aromatic N) is 2. The molecule has 4 nitrogen and oxygen atoms in total. The number of methoxy groups -OCH3 is 2. The molecule has 1 heterocycles. The van der Waals surface area contributed by atoms with Gasteiger partial charge in [0, 0.05) is 12.6 Å². The highest BCUT2D eigenvalue weighted by molar-refractivity contribution is 5.52. The molecule has 0 saturated heterocycles. The lowest BCUT2D eigenvalue weighted by molar-refractivity contribution is 0.0917. The molecule has 0 aliphatic carbocycles. The highest BCUT2D eigenvalue weighted by atomic mass is 16.5. The zero-order chi connectivity index (χ0) is 18.0. The molecule has 0 amide bonds. The van der Waals surface area contributed by atoms with Gasteiger partial charge in [0.15, 0.2) is 11.5 Å². The monoisotopic (exact) mass is 336 g/mol. The van der Waals surface area contributed by atoms with Gasteiger partial charge in [-0.3, -0.25) is 4.90 Å². The van der Waals surface area contributed by atoms with Gasteiger partial charge in [-0.05, 0) is 49.1 Å². The van der Waals surface area contributed by atoms with Crippen LogP contribution in [0, 0.1) is 11.3 Å². The van der Waals surface area contributed by atoms with Gasteiger partial charge in [0.05, 0.1) is 20.3 Å². The minimum absolute atomic E-state index is 0.145. The van der Waals surface area contributed by atoms with Crippen molar-refractivity contribution in [3.05, 3.63) is 59.2 Å². The van der Waals surface area contributed by atoms with Crippen LogP contribution in [0.5, 0.6) is 11.5 Å². The fourth-order valence-electron chi connectivity index (χ4n) is 3.82. The largest absolute Gasteiger partial charge is 0.493 e. The van der Waals surface area contributed by atoms with Gasteiger partial charge in [0.25, 0.3) is 0 Å². The summed E-state index contributed by atoms with van der Waals surface area (Å²) in [5.74, 6) is 1.38. The first-order chi connectivity index (χ1) is 12.0. The minimum Gasteiger partial charge on any atom is -0.493 e. The Labute approximate surface area is 149 Å². The Balaban J connectivity index is 2.08. The highest BCUT2D eigenvalue weighted by Crippen LogP contribution is 2.44. The van der Waals surface area contributed by atoms with Crippen molar-refractivity contribution >= 4 is 0 Å². The van der Waals surface area contributed by atoms with E-state index in [0.29, 0.717) is 11.5 Å². The van der Waals surface area contributed by atoms with Crippen LogP contribution in [0.4, 0.5) is 0 Å². The lowest BCUT2D eigenvalue weighted by atomic mass is 9.81. The summed E-state index contributed by atoms with van der Waals surface area (Å²) in [6.45, 7) is 4.98. The van der Waals surface area contributed by atoms with Gasteiger partial charge in [-0.2, -0.15) is 5.26 Å². The van der Waals surface area contributed by atoms with Crippen LogP contribution in [0.1, 0.15) is 36.6 Å². The number of ether oxygens (including phenoxy) is 2. The second kappa shape index (κ2) is 6.78. The summed E-state index contributed by atoms with van der Waals surface area (Å²) in [6, 6.07) is 17.0. The summed E-state index contributed by atoms with van der Waals surface area (Å²) in [4.78, 5) is 2.27. The standard InChI is InChI=1S/C21H24N2O2/c1-15(16-8-6-5-7-9-16)23-11-10-17-12-19(24-3)20(25-4)13-18(17)21(23,2)14-22/h5-9,12-13,15H,10-11H2,1-4H3/t15-,21+/m1/s1. The molecule has 0 saturated carbocycles. The maximum atomic E-state index is 10.1. The zero-order valence-corrected chi connectivity index (χ0v) is 15.2. The average Bonchev–Trinajstić information content (AvgIpc) is 2.67. The van der Waals surface area contributed by atoms with Crippen LogP contribution >= 0.6 is 0 Å². The van der Waals surface area contributed by atoms with Crippen molar-refractivity contribution in [2.45, 2.75) is 31.8 Å². The molecule has 130 valence electrons. The van der Waals surface area contributed by atoms with E-state index in [4.69, 9.17) is 9.47 Å². The van der Waals surface area contributed by atoms with Gasteiger partial charge in [-0.25, -0.2) is 0 Å². The Kier molecular flexibility index (Phi) is 4.69. The van der Waals surface area contributed by atoms with Gasteiger partial charge in [-0.1, -0.05) is 30.3 Å². The number of rotatable bonds is 4. The molecule has 0 fully saturated rings. The predicted molar refractivity (Wildman–Crippen MR) is 97.8 cm³/mol. The second-order valence-electron chi connectivity index (χ2n) is 6.58. The van der Waals surface area contributed by atoms with E-state index in [-0.39, 0.29) is 6.04 Å². The van der Waals surface area contributed by atoms with Crippen LogP contribution in [0.3, 0.4) is 0 Å². The minimum atomic E-state index is -0.720. The van der Waals surface area contributed by atoms with Crippen LogP contribution in [0.2, 0.25) is 0 Å². The molecule has 0 spiro atoms. The van der Waals surface area contributed by atoms with Crippen LogP contribution in [0.15, 0.2) is 42.5 Å². The van der Waals surface area contributed by atoms with Gasteiger partial charge < -0.3 is 9.47 Å². The van der Waals surface area contributed by atoms with Gasteiger partial charge >= 0.3 is 0 Å². The highest BCUT2D eigenvalue weighted by Gasteiger charge is 2.42. The summed E-state index contributed by atoms with van der Waals surface area (Å²) >= 11 is 0. The third kappa shape index (κ3) is 2.85. The average molecular weight is 336 g/mol. The molecule has 0 bridgehead atoms. The summed E-state index contributed by atoms with van der Waals surface area (Å²) < 4.78 is 10.9. The van der Waals surface area contributed by atoms with Crippen molar-refractivity contribution < 1.29 is 9.47 Å². The Bertz CT molecular complexity index is 798. The number of benzene rings is 2. The maximum absolute atomic E-state index is 10.1. The molecule has 0 unspecified atom stereocenters. The smallest absolute Gasteiger partial charge is 0.161 e. The summed E-state index contributed by atoms with van der Waals surface area (Å²) in [7, 11) is 3.27. The van der Waals surface area contributed by atoms with Gasteiger partial charge in [0.1, 0.15) is 5.54 Å². The van der Waals surface area contributed by atoms with Gasteiger partial charge in [-0.15, -0.1) is 0 Å². The van der Waals surface area contributed by atoms with E-state index in [0.717, 1.165) is 24.1 Å². The van der Waals surface area contributed by atoms with Crippen LogP contribution in [-0.4, -0.2) is 25.7 Å². The van der Waals surface area contributed by atoms with E-state index in [1.165, 1.54) is 5.56 Å². The van der Waals surface area contributed by atoms with E-state index in [1.807, 2.05) is 37.3 Å². The molecule has 3 rings (SSSR count). The third-order valence-electron chi connectivity index (χ3n) is 5.30. The zero-order valence-electron chi connectivity index (χ0n) is 15.2. The normalized spacial score (nSPS) is 21.1. The van der Waals surface area contributed by atoms with E-state index in [1.54, 1.807) is 14.2 Å². The third-order valence-corrected chi connectivity index (χ3v) is 5.30. The molecule has 2 atom stereocenters. The molecular weight excluding hydrogens is 312 g/mol. The van der Waals surface area contributed by atoms with Crippen molar-refractivity contribution in [2.75, 3.05) is 20.8 Å². The van der Waals surface area contributed by atoms with E-state index >= 15 is 0 Å². The predicted octanol–water partition coefficient (Wildman–Crippen LogP) is 4.06. The Hall–Kier alpha value is -2.51. The van der Waals surface area contributed by atoms with Crippen molar-refractivity contribution in [3.63, 3.8) is 0 Å². The summed E-state index contributed by atoms with van der Waals surface area (Å²) in [5, 5.41) is 10.1. The Morgan fingerprint density at radius 3 is 2.36 bits per heavy atom. The summed E-state index contributed by atoms with van der Waals surface area (Å²) in [6.07, 6.45) is 0.879. The van der Waals surface area contributed by atoms with Crippen LogP contribution in [-0.2, 0) is 12.0 Å². The lowest BCUT2D eigenvalue weighted by Gasteiger charge is -2.45. The summed E-state index contributed by atoms with van der Waals surface area (Å²) in [5.41, 5.74) is 2.65. The second-order valence-corrected chi connectivity index (χ2v) is 6.58. The number of fused-ring (bicyclic) bond motifs is 1. The molecule has 2 aromatic rings. The molecule has 1 aliphatic heterocycles. The number of hydrogen-bond donors (Lipinski definition) is 0. The molecule has 0 N–H and O–H groups in total. The van der Waals surface area contributed by atoms with Gasteiger partial charge in [0.2, 0.25) is 0 Å². The molecular formula is C21H24N2O2. The molecule has 25 heavy (non-hydrogen) atoms. The van der Waals surface area contributed by atoms with Crippen molar-refractivity contribution in [1.82, 2.24) is 4.90 Å². The number of nitriles is 1. The van der Waals surface area contributed by atoms with Crippen LogP contribution in [0.25, 0.3) is 0 Å². The molecule has 4 heteroatoms. The Morgan fingerprint density at radius 2 is 1.76 bits per heavy atom. The molecule has 0 aromatic heterocycles. The molecule has 0 radical (unpaired) electrons. The fraction of sp³-hybridized carbons (Fsp3) is 0.381. The lowest BCUT2D eigenvalue weighted by Crippen LogP contribution is -2.48. The van der Waals surface area contributed by atoms with E-state index < -0.39 is 5.54 Å². The molecule has 1 aliphatic rings. The first-order valence-corrected chi connectivity index (χ1v) is 8.53. The SMILES string of the molecule is COc1cc2c(cc1OC)[C@](C)(C#N)N([C@H](C)c1ccccc1)CC2. The maximum Gasteiger partial charge on any atom is 0.161 e. The Morgan fingerprint density at radius 1 is 1.12 bits per heavy atom. The first kappa shape index (κ1) is 17.3. The molecule has 2 aromatic carbocycles. The van der Waals surface area contributed by atoms with Crippen molar-refractivity contribution in [1.29, 1.82) is 5.26 Å². The van der Waals surface area contributed by atoms with Crippen molar-refractivity contribution in [2.24, 2.45) is 0 Å².